The van der Waals surface area contributed by atoms with Crippen LogP contribution in [-0.4, -0.2) is 21.1 Å². The van der Waals surface area contributed by atoms with E-state index < -0.39 is 5.97 Å². The number of hydrogen-bond donors (Lipinski definition) is 0. The number of hydrogen-bond acceptors (Lipinski definition) is 6. The fourth-order valence-electron chi connectivity index (χ4n) is 1.73. The quantitative estimate of drug-likeness (QED) is 0.689. The number of benzene rings is 1. The lowest BCUT2D eigenvalue weighted by atomic mass is 10.2. The molecule has 0 aliphatic heterocycles. The molecule has 0 amide bonds. The zero-order chi connectivity index (χ0) is 15.4. The van der Waals surface area contributed by atoms with Crippen LogP contribution in [0, 0.1) is 5.82 Å². The van der Waals surface area contributed by atoms with Crippen LogP contribution in [-0.2, 0) is 11.3 Å². The van der Waals surface area contributed by atoms with Gasteiger partial charge in [-0.25, -0.2) is 9.18 Å². The van der Waals surface area contributed by atoms with Crippen LogP contribution in [0.2, 0.25) is 0 Å². The number of carbonyl (C=O) groups excluding carboxylic acids is 1. The highest BCUT2D eigenvalue weighted by Crippen LogP contribution is 2.16. The largest absolute Gasteiger partial charge is 0.452 e. The summed E-state index contributed by atoms with van der Waals surface area (Å²) < 4.78 is 22.9. The number of esters is 1. The molecule has 22 heavy (non-hydrogen) atoms. The molecule has 0 aliphatic carbocycles. The molecule has 3 rings (SSSR count). The summed E-state index contributed by atoms with van der Waals surface area (Å²) >= 11 is 0. The van der Waals surface area contributed by atoms with Crippen molar-refractivity contribution < 1.29 is 18.4 Å². The van der Waals surface area contributed by atoms with Gasteiger partial charge in [-0.3, -0.25) is 4.98 Å². The summed E-state index contributed by atoms with van der Waals surface area (Å²) in [6.45, 7) is -0.144. The zero-order valence-corrected chi connectivity index (χ0v) is 11.3. The van der Waals surface area contributed by atoms with Gasteiger partial charge in [0.1, 0.15) is 5.82 Å². The highest BCUT2D eigenvalue weighted by molar-refractivity contribution is 5.89. The predicted octanol–water partition coefficient (Wildman–Crippen LogP) is 2.63. The molecule has 0 saturated heterocycles. The summed E-state index contributed by atoms with van der Waals surface area (Å²) in [4.78, 5) is 19.7. The minimum atomic E-state index is -0.510. The normalized spacial score (nSPS) is 10.4. The second-order valence-corrected chi connectivity index (χ2v) is 4.33. The van der Waals surface area contributed by atoms with Crippen LogP contribution in [0.25, 0.3) is 11.4 Å². The van der Waals surface area contributed by atoms with Crippen LogP contribution < -0.4 is 0 Å². The molecule has 110 valence electrons. The number of rotatable bonds is 4. The van der Waals surface area contributed by atoms with Gasteiger partial charge in [0.15, 0.2) is 6.61 Å². The smallest absolute Gasteiger partial charge is 0.338 e. The molecule has 2 heterocycles. The van der Waals surface area contributed by atoms with Gasteiger partial charge in [-0.1, -0.05) is 5.16 Å². The number of ether oxygens (including phenoxy) is 1. The van der Waals surface area contributed by atoms with Crippen molar-refractivity contribution in [2.75, 3.05) is 0 Å². The molecular weight excluding hydrogens is 289 g/mol. The van der Waals surface area contributed by atoms with Gasteiger partial charge in [0, 0.05) is 18.0 Å². The maximum absolute atomic E-state index is 12.9. The van der Waals surface area contributed by atoms with E-state index in [0.717, 1.165) is 0 Å². The Labute approximate surface area is 124 Å². The lowest BCUT2D eigenvalue weighted by molar-refractivity contribution is 0.0429. The molecule has 0 atom stereocenters. The first-order chi connectivity index (χ1) is 10.7. The Bertz CT molecular complexity index is 772. The third-order valence-corrected chi connectivity index (χ3v) is 2.81. The molecule has 0 fully saturated rings. The van der Waals surface area contributed by atoms with Crippen LogP contribution >= 0.6 is 0 Å². The fourth-order valence-corrected chi connectivity index (χ4v) is 1.73. The van der Waals surface area contributed by atoms with E-state index in [1.54, 1.807) is 12.1 Å². The van der Waals surface area contributed by atoms with E-state index >= 15 is 0 Å². The summed E-state index contributed by atoms with van der Waals surface area (Å²) in [6.07, 6.45) is 2.99. The minimum absolute atomic E-state index is 0.144. The number of pyridine rings is 1. The Morgan fingerprint density at radius 3 is 2.59 bits per heavy atom. The van der Waals surface area contributed by atoms with E-state index in [9.17, 15) is 9.18 Å². The summed E-state index contributed by atoms with van der Waals surface area (Å²) in [5, 5.41) is 3.76. The van der Waals surface area contributed by atoms with E-state index in [1.807, 2.05) is 0 Å². The minimum Gasteiger partial charge on any atom is -0.452 e. The molecule has 0 spiro atoms. The Balaban J connectivity index is 1.65. The predicted molar refractivity (Wildman–Crippen MR) is 73.0 cm³/mol. The van der Waals surface area contributed by atoms with Crippen LogP contribution in [0.3, 0.4) is 0 Å². The molecule has 1 aromatic carbocycles. The van der Waals surface area contributed by atoms with Gasteiger partial charge in [0.2, 0.25) is 5.82 Å². The van der Waals surface area contributed by atoms with Crippen molar-refractivity contribution in [3.8, 4) is 11.4 Å². The monoisotopic (exact) mass is 299 g/mol. The van der Waals surface area contributed by atoms with Crippen molar-refractivity contribution in [2.45, 2.75) is 6.61 Å². The van der Waals surface area contributed by atoms with Gasteiger partial charge in [0.25, 0.3) is 5.89 Å². The second kappa shape index (κ2) is 6.13. The highest BCUT2D eigenvalue weighted by Gasteiger charge is 2.12. The van der Waals surface area contributed by atoms with E-state index in [-0.39, 0.29) is 18.3 Å². The first kappa shape index (κ1) is 13.9. The Kier molecular flexibility index (Phi) is 3.86. The second-order valence-electron chi connectivity index (χ2n) is 4.33. The zero-order valence-electron chi connectivity index (χ0n) is 11.3. The maximum atomic E-state index is 12.9. The van der Waals surface area contributed by atoms with E-state index in [1.165, 1.54) is 36.7 Å². The SMILES string of the molecule is O=C(OCc1nc(-c2ccc(F)cc2)no1)c1ccncc1. The van der Waals surface area contributed by atoms with E-state index in [4.69, 9.17) is 9.26 Å². The number of carbonyl (C=O) groups is 1. The molecule has 0 bridgehead atoms. The van der Waals surface area contributed by atoms with Crippen molar-refractivity contribution >= 4 is 5.97 Å². The first-order valence-electron chi connectivity index (χ1n) is 6.38. The summed E-state index contributed by atoms with van der Waals surface area (Å²) in [5.41, 5.74) is 0.991. The van der Waals surface area contributed by atoms with Gasteiger partial charge in [-0.15, -0.1) is 0 Å². The van der Waals surface area contributed by atoms with E-state index in [2.05, 4.69) is 15.1 Å². The van der Waals surface area contributed by atoms with E-state index in [0.29, 0.717) is 17.0 Å². The molecule has 7 heteroatoms. The Morgan fingerprint density at radius 1 is 1.14 bits per heavy atom. The third kappa shape index (κ3) is 3.14. The summed E-state index contributed by atoms with van der Waals surface area (Å²) in [7, 11) is 0. The van der Waals surface area contributed by atoms with Crippen molar-refractivity contribution in [1.29, 1.82) is 0 Å². The molecule has 0 saturated carbocycles. The van der Waals surface area contributed by atoms with Gasteiger partial charge in [-0.05, 0) is 36.4 Å². The van der Waals surface area contributed by atoms with Gasteiger partial charge < -0.3 is 9.26 Å². The van der Waals surface area contributed by atoms with Crippen LogP contribution in [0.5, 0.6) is 0 Å². The van der Waals surface area contributed by atoms with Gasteiger partial charge >= 0.3 is 5.97 Å². The number of halogens is 1. The Hall–Kier alpha value is -3.09. The molecule has 0 N–H and O–H groups in total. The molecule has 0 radical (unpaired) electrons. The number of nitrogens with zero attached hydrogens (tertiary/aromatic N) is 3. The summed E-state index contributed by atoms with van der Waals surface area (Å²) in [6, 6.07) is 8.75. The first-order valence-corrected chi connectivity index (χ1v) is 6.38. The molecule has 0 aliphatic rings. The average Bonchev–Trinajstić information content (AvgIpc) is 3.03. The van der Waals surface area contributed by atoms with Crippen LogP contribution in [0.4, 0.5) is 4.39 Å². The van der Waals surface area contributed by atoms with Crippen molar-refractivity contribution in [2.24, 2.45) is 0 Å². The van der Waals surface area contributed by atoms with Crippen molar-refractivity contribution in [3.63, 3.8) is 0 Å². The molecule has 2 aromatic heterocycles. The maximum Gasteiger partial charge on any atom is 0.338 e. The molecular formula is C15H10FN3O3. The van der Waals surface area contributed by atoms with Crippen molar-refractivity contribution in [1.82, 2.24) is 15.1 Å². The summed E-state index contributed by atoms with van der Waals surface area (Å²) in [5.74, 6) is -0.403. The molecule has 6 nitrogen and oxygen atoms in total. The standard InChI is InChI=1S/C15H10FN3O3/c16-12-3-1-10(2-4-12)14-18-13(22-19-14)9-21-15(20)11-5-7-17-8-6-11/h1-8H,9H2. The lowest BCUT2D eigenvalue weighted by Gasteiger charge is -2.00. The van der Waals surface area contributed by atoms with Gasteiger partial charge in [0.05, 0.1) is 5.56 Å². The fraction of sp³-hybridized carbons (Fsp3) is 0.0667. The third-order valence-electron chi connectivity index (χ3n) is 2.81. The highest BCUT2D eigenvalue weighted by atomic mass is 19.1. The molecule has 0 unspecified atom stereocenters. The topological polar surface area (TPSA) is 78.1 Å². The lowest BCUT2D eigenvalue weighted by Crippen LogP contribution is -2.05. The Morgan fingerprint density at radius 2 is 1.86 bits per heavy atom. The number of aromatic nitrogens is 3. The molecule has 3 aromatic rings. The van der Waals surface area contributed by atoms with Gasteiger partial charge in [-0.2, -0.15) is 4.98 Å². The van der Waals surface area contributed by atoms with Crippen molar-refractivity contribution in [3.05, 3.63) is 66.1 Å². The van der Waals surface area contributed by atoms with Crippen LogP contribution in [0.15, 0.2) is 53.3 Å². The van der Waals surface area contributed by atoms with Crippen LogP contribution in [0.1, 0.15) is 16.2 Å². The average molecular weight is 299 g/mol.